The number of carbonyl (C=O) groups excluding carboxylic acids is 3. The second-order valence-electron chi connectivity index (χ2n) is 10.9. The fraction of sp³-hybridized carbons (Fsp3) is 0.400. The lowest BCUT2D eigenvalue weighted by atomic mass is 9.89. The number of rotatable bonds is 8. The molecule has 2 heterocycles. The number of hydrogen-bond donors (Lipinski definition) is 1. The molecule has 1 N–H and O–H groups in total. The lowest BCUT2D eigenvalue weighted by molar-refractivity contribution is -0.141. The predicted molar refractivity (Wildman–Crippen MR) is 158 cm³/mol. The summed E-state index contributed by atoms with van der Waals surface area (Å²) in [4.78, 5) is 42.0. The van der Waals surface area contributed by atoms with Crippen LogP contribution in [0.4, 0.5) is 23.2 Å². The highest BCUT2D eigenvalue weighted by Gasteiger charge is 2.47. The molecule has 2 amide bonds. The molecule has 1 fully saturated rings. The van der Waals surface area contributed by atoms with Crippen molar-refractivity contribution in [2.45, 2.75) is 52.3 Å². The van der Waals surface area contributed by atoms with E-state index in [1.165, 1.54) is 29.1 Å². The zero-order valence-electron chi connectivity index (χ0n) is 25.0. The average Bonchev–Trinajstić information content (AvgIpc) is 3.24. The van der Waals surface area contributed by atoms with Gasteiger partial charge >= 0.3 is 12.1 Å². The van der Waals surface area contributed by atoms with Crippen molar-refractivity contribution < 1.29 is 45.1 Å². The van der Waals surface area contributed by atoms with Crippen molar-refractivity contribution in [3.05, 3.63) is 69.4 Å². The smallest absolute Gasteiger partial charge is 0.419 e. The van der Waals surface area contributed by atoms with Gasteiger partial charge in [0.05, 0.1) is 12.1 Å². The highest BCUT2D eigenvalue weighted by atomic mass is 32.2. The van der Waals surface area contributed by atoms with E-state index >= 15 is 0 Å². The third-order valence-electron chi connectivity index (χ3n) is 7.73. The number of ether oxygens (including phenoxy) is 1. The van der Waals surface area contributed by atoms with Gasteiger partial charge < -0.3 is 15.0 Å². The van der Waals surface area contributed by atoms with Crippen LogP contribution in [0, 0.1) is 19.7 Å². The number of benzene rings is 2. The van der Waals surface area contributed by atoms with Crippen LogP contribution in [0.25, 0.3) is 6.08 Å². The van der Waals surface area contributed by atoms with Crippen molar-refractivity contribution in [1.29, 1.82) is 0 Å². The molecule has 0 aromatic heterocycles. The zero-order valence-corrected chi connectivity index (χ0v) is 25.8. The van der Waals surface area contributed by atoms with Gasteiger partial charge in [-0.25, -0.2) is 12.8 Å². The third-order valence-corrected chi connectivity index (χ3v) is 9.30. The summed E-state index contributed by atoms with van der Waals surface area (Å²) in [6, 6.07) is 5.78. The Balaban J connectivity index is 1.48. The predicted octanol–water partition coefficient (Wildman–Crippen LogP) is 4.09. The summed E-state index contributed by atoms with van der Waals surface area (Å²) >= 11 is 0. The number of carbonyl (C=O) groups is 3. The standard InChI is InChI=1S/C30H32F4N4O6S/c1-18-15-23(38(20(3)39)12-13-44-21(4)40)16-19(2)24(18)7-14-45(42,43)37-10-8-29(9-11-37)28(41)35-27(36-29)22-5-6-26(31)25(17-22)30(32,33)34/h5-7,14-17H,8-13H2,1-4H3,(H,35,36,41)/b14-7+. The quantitative estimate of drug-likeness (QED) is 0.339. The number of piperidine rings is 1. The number of sulfonamides is 1. The van der Waals surface area contributed by atoms with Crippen LogP contribution in [0.1, 0.15) is 54.5 Å². The number of amides is 2. The summed E-state index contributed by atoms with van der Waals surface area (Å²) in [6.07, 6.45) is -3.50. The molecule has 4 rings (SSSR count). The molecule has 0 radical (unpaired) electrons. The SMILES string of the molecule is CC(=O)OCCN(C(C)=O)c1cc(C)c(/C=C/S(=O)(=O)N2CCC3(CC2)N=C(c2ccc(F)c(C(F)(F)F)c2)NC3=O)c(C)c1. The highest BCUT2D eigenvalue weighted by molar-refractivity contribution is 7.92. The Hall–Kier alpha value is -4.11. The van der Waals surface area contributed by atoms with E-state index in [0.717, 1.165) is 11.5 Å². The minimum atomic E-state index is -4.94. The first-order chi connectivity index (χ1) is 20.9. The molecule has 2 aromatic rings. The summed E-state index contributed by atoms with van der Waals surface area (Å²) in [7, 11) is -3.94. The zero-order chi connectivity index (χ0) is 33.3. The second-order valence-corrected chi connectivity index (χ2v) is 12.7. The van der Waals surface area contributed by atoms with Gasteiger partial charge in [-0.3, -0.25) is 19.4 Å². The van der Waals surface area contributed by atoms with Crippen LogP contribution in [0.15, 0.2) is 40.7 Å². The van der Waals surface area contributed by atoms with Crippen LogP contribution in [-0.2, 0) is 35.3 Å². The van der Waals surface area contributed by atoms with Crippen LogP contribution in [-0.4, -0.2) is 68.1 Å². The van der Waals surface area contributed by atoms with E-state index in [2.05, 4.69) is 10.3 Å². The van der Waals surface area contributed by atoms with E-state index in [-0.39, 0.29) is 56.4 Å². The maximum absolute atomic E-state index is 13.7. The van der Waals surface area contributed by atoms with Crippen molar-refractivity contribution in [2.24, 2.45) is 4.99 Å². The fourth-order valence-electron chi connectivity index (χ4n) is 5.35. The second kappa shape index (κ2) is 12.7. The number of hydrogen-bond acceptors (Lipinski definition) is 7. The average molecular weight is 653 g/mol. The molecule has 2 aromatic carbocycles. The summed E-state index contributed by atoms with van der Waals surface area (Å²) in [6.45, 7) is 6.22. The monoisotopic (exact) mass is 652 g/mol. The number of anilines is 1. The Labute approximate surface area is 257 Å². The largest absolute Gasteiger partial charge is 0.464 e. The Kier molecular flexibility index (Phi) is 9.54. The number of aliphatic imine (C=N–C) groups is 1. The minimum absolute atomic E-state index is 0.0102. The molecule has 242 valence electrons. The number of esters is 1. The molecule has 45 heavy (non-hydrogen) atoms. The van der Waals surface area contributed by atoms with E-state index in [0.29, 0.717) is 34.5 Å². The van der Waals surface area contributed by atoms with Crippen molar-refractivity contribution in [1.82, 2.24) is 9.62 Å². The van der Waals surface area contributed by atoms with Gasteiger partial charge in [0.15, 0.2) is 0 Å². The van der Waals surface area contributed by atoms with E-state index in [4.69, 9.17) is 4.74 Å². The van der Waals surface area contributed by atoms with Gasteiger partial charge in [-0.15, -0.1) is 0 Å². The first-order valence-corrected chi connectivity index (χ1v) is 15.4. The van der Waals surface area contributed by atoms with Crippen LogP contribution < -0.4 is 10.2 Å². The lowest BCUT2D eigenvalue weighted by Crippen LogP contribution is -2.50. The van der Waals surface area contributed by atoms with E-state index in [9.17, 15) is 40.4 Å². The van der Waals surface area contributed by atoms with Crippen LogP contribution in [0.5, 0.6) is 0 Å². The normalized spacial score (nSPS) is 17.0. The molecule has 0 aliphatic carbocycles. The number of amidine groups is 1. The molecule has 1 saturated heterocycles. The minimum Gasteiger partial charge on any atom is -0.464 e. The van der Waals surface area contributed by atoms with Gasteiger partial charge in [0.1, 0.15) is 23.8 Å². The van der Waals surface area contributed by atoms with Crippen molar-refractivity contribution in [3.63, 3.8) is 0 Å². The molecule has 0 bridgehead atoms. The van der Waals surface area contributed by atoms with Gasteiger partial charge in [-0.1, -0.05) is 0 Å². The van der Waals surface area contributed by atoms with Gasteiger partial charge in [-0.05, 0) is 79.8 Å². The van der Waals surface area contributed by atoms with E-state index in [1.54, 1.807) is 26.0 Å². The van der Waals surface area contributed by atoms with E-state index in [1.807, 2.05) is 0 Å². The Morgan fingerprint density at radius 1 is 1.11 bits per heavy atom. The number of alkyl halides is 3. The number of nitrogens with one attached hydrogen (secondary N) is 1. The van der Waals surface area contributed by atoms with E-state index < -0.39 is 45.0 Å². The van der Waals surface area contributed by atoms with Gasteiger partial charge in [0, 0.05) is 43.6 Å². The maximum atomic E-state index is 13.7. The lowest BCUT2D eigenvalue weighted by Gasteiger charge is -2.34. The number of nitrogens with zero attached hydrogens (tertiary/aromatic N) is 3. The molecule has 10 nitrogen and oxygen atoms in total. The maximum Gasteiger partial charge on any atom is 0.419 e. The Bertz CT molecular complexity index is 1670. The molecule has 1 spiro atoms. The van der Waals surface area contributed by atoms with Gasteiger partial charge in [0.2, 0.25) is 15.9 Å². The summed E-state index contributed by atoms with van der Waals surface area (Å²) < 4.78 is 85.9. The van der Waals surface area contributed by atoms with Crippen LogP contribution in [0.2, 0.25) is 0 Å². The topological polar surface area (TPSA) is 125 Å². The Morgan fingerprint density at radius 2 is 1.73 bits per heavy atom. The van der Waals surface area contributed by atoms with Gasteiger partial charge in [-0.2, -0.15) is 17.5 Å². The summed E-state index contributed by atoms with van der Waals surface area (Å²) in [5.74, 6) is -2.88. The first kappa shape index (κ1) is 33.8. The number of aryl methyl sites for hydroxylation is 2. The van der Waals surface area contributed by atoms with Crippen molar-refractivity contribution in [2.75, 3.05) is 31.1 Å². The molecule has 0 atom stereocenters. The van der Waals surface area contributed by atoms with Gasteiger partial charge in [0.25, 0.3) is 5.91 Å². The van der Waals surface area contributed by atoms with Crippen molar-refractivity contribution in [3.8, 4) is 0 Å². The fourth-order valence-corrected chi connectivity index (χ4v) is 6.52. The summed E-state index contributed by atoms with van der Waals surface area (Å²) in [5.41, 5.74) is -0.366. The first-order valence-electron chi connectivity index (χ1n) is 13.9. The van der Waals surface area contributed by atoms with Crippen molar-refractivity contribution >= 4 is 45.4 Å². The van der Waals surface area contributed by atoms with Crippen LogP contribution >= 0.6 is 0 Å². The summed E-state index contributed by atoms with van der Waals surface area (Å²) in [5, 5.41) is 3.53. The Morgan fingerprint density at radius 3 is 2.29 bits per heavy atom. The van der Waals surface area contributed by atoms with Crippen LogP contribution in [0.3, 0.4) is 0 Å². The third kappa shape index (κ3) is 7.41. The molecular weight excluding hydrogens is 620 g/mol. The highest BCUT2D eigenvalue weighted by Crippen LogP contribution is 2.35. The molecule has 0 unspecified atom stereocenters. The molecule has 2 aliphatic rings. The molecule has 15 heteroatoms. The molecule has 2 aliphatic heterocycles. The number of halogens is 4. The molecule has 0 saturated carbocycles. The molecular formula is C30H32F4N4O6S.